The Balaban J connectivity index is 2.13. The van der Waals surface area contributed by atoms with Gasteiger partial charge in [-0.15, -0.1) is 0 Å². The minimum Gasteiger partial charge on any atom is -0.343 e. The van der Waals surface area contributed by atoms with E-state index in [1.54, 1.807) is 0 Å². The van der Waals surface area contributed by atoms with Gasteiger partial charge in [-0.05, 0) is 39.7 Å². The Kier molecular flexibility index (Phi) is 6.46. The number of unbranched alkanes of at least 4 members (excludes halogenated alkanes) is 1. The van der Waals surface area contributed by atoms with E-state index in [0.717, 1.165) is 32.4 Å². The molecule has 1 unspecified atom stereocenters. The van der Waals surface area contributed by atoms with Gasteiger partial charge in [0, 0.05) is 25.6 Å². The van der Waals surface area contributed by atoms with Crippen molar-refractivity contribution < 1.29 is 4.79 Å². The molecule has 1 aliphatic rings. The highest BCUT2D eigenvalue weighted by molar-refractivity contribution is 5.76. The van der Waals surface area contributed by atoms with Crippen molar-refractivity contribution in [3.63, 3.8) is 0 Å². The van der Waals surface area contributed by atoms with Crippen LogP contribution in [0.3, 0.4) is 0 Å². The van der Waals surface area contributed by atoms with Gasteiger partial charge in [0.05, 0.1) is 0 Å². The fraction of sp³-hybridized carbons (Fsp3) is 0.923. The van der Waals surface area contributed by atoms with Gasteiger partial charge in [0.15, 0.2) is 0 Å². The Morgan fingerprint density at radius 1 is 1.31 bits per heavy atom. The Morgan fingerprint density at radius 3 is 2.88 bits per heavy atom. The monoisotopic (exact) mass is 226 g/mol. The predicted molar refractivity (Wildman–Crippen MR) is 67.4 cm³/mol. The molecule has 0 saturated carbocycles. The van der Waals surface area contributed by atoms with Crippen molar-refractivity contribution in [1.29, 1.82) is 0 Å². The van der Waals surface area contributed by atoms with Crippen LogP contribution < -0.4 is 5.32 Å². The number of amides is 1. The molecule has 1 rings (SSSR count). The first-order chi connectivity index (χ1) is 7.74. The lowest BCUT2D eigenvalue weighted by Crippen LogP contribution is -2.31. The molecule has 1 atom stereocenters. The van der Waals surface area contributed by atoms with Gasteiger partial charge in [0.2, 0.25) is 5.91 Å². The zero-order valence-electron chi connectivity index (χ0n) is 10.8. The molecule has 1 amide bonds. The zero-order valence-corrected chi connectivity index (χ0v) is 10.8. The molecule has 0 aliphatic carbocycles. The zero-order chi connectivity index (χ0) is 11.8. The number of hydrogen-bond acceptors (Lipinski definition) is 2. The summed E-state index contributed by atoms with van der Waals surface area (Å²) in [5.41, 5.74) is 0. The minimum absolute atomic E-state index is 0.374. The molecule has 0 radical (unpaired) electrons. The minimum atomic E-state index is 0.374. The van der Waals surface area contributed by atoms with Crippen LogP contribution in [0, 0.1) is 0 Å². The van der Waals surface area contributed by atoms with Crippen LogP contribution in [-0.2, 0) is 4.79 Å². The molecular weight excluding hydrogens is 200 g/mol. The molecular formula is C13H26N2O. The Morgan fingerprint density at radius 2 is 2.12 bits per heavy atom. The van der Waals surface area contributed by atoms with E-state index < -0.39 is 0 Å². The predicted octanol–water partition coefficient (Wildman–Crippen LogP) is 2.17. The standard InChI is InChI=1S/C13H26N2O/c1-12(14-2)8-5-7-11-15-10-6-3-4-9-13(15)16/h12,14H,3-11H2,1-2H3. The summed E-state index contributed by atoms with van der Waals surface area (Å²) < 4.78 is 0. The molecule has 1 fully saturated rings. The number of hydrogen-bond donors (Lipinski definition) is 1. The van der Waals surface area contributed by atoms with Crippen LogP contribution in [0.2, 0.25) is 0 Å². The molecule has 1 heterocycles. The van der Waals surface area contributed by atoms with E-state index in [-0.39, 0.29) is 0 Å². The Labute approximate surface area is 99.6 Å². The number of rotatable bonds is 6. The van der Waals surface area contributed by atoms with Gasteiger partial charge in [-0.2, -0.15) is 0 Å². The first kappa shape index (κ1) is 13.5. The van der Waals surface area contributed by atoms with Crippen molar-refractivity contribution in [2.24, 2.45) is 0 Å². The third kappa shape index (κ3) is 4.97. The molecule has 0 aromatic rings. The molecule has 94 valence electrons. The van der Waals surface area contributed by atoms with E-state index in [0.29, 0.717) is 11.9 Å². The van der Waals surface area contributed by atoms with Gasteiger partial charge < -0.3 is 10.2 Å². The topological polar surface area (TPSA) is 32.3 Å². The second-order valence-electron chi connectivity index (χ2n) is 4.88. The van der Waals surface area contributed by atoms with Gasteiger partial charge in [0.1, 0.15) is 0 Å². The normalized spacial score (nSPS) is 19.6. The largest absolute Gasteiger partial charge is 0.343 e. The third-order valence-corrected chi connectivity index (χ3v) is 3.48. The fourth-order valence-electron chi connectivity index (χ4n) is 2.17. The first-order valence-corrected chi connectivity index (χ1v) is 6.69. The summed E-state index contributed by atoms with van der Waals surface area (Å²) in [4.78, 5) is 13.8. The molecule has 0 spiro atoms. The number of carbonyl (C=O) groups excluding carboxylic acids is 1. The Bertz CT molecular complexity index is 206. The van der Waals surface area contributed by atoms with E-state index in [4.69, 9.17) is 0 Å². The molecule has 0 aromatic heterocycles. The SMILES string of the molecule is CNC(C)CCCCN1CCCCCC1=O. The van der Waals surface area contributed by atoms with Crippen molar-refractivity contribution in [3.05, 3.63) is 0 Å². The highest BCUT2D eigenvalue weighted by Crippen LogP contribution is 2.12. The molecule has 3 nitrogen and oxygen atoms in total. The van der Waals surface area contributed by atoms with E-state index in [2.05, 4.69) is 17.1 Å². The van der Waals surface area contributed by atoms with Crippen LogP contribution in [0.1, 0.15) is 51.9 Å². The summed E-state index contributed by atoms with van der Waals surface area (Å²) in [6.07, 6.45) is 7.85. The lowest BCUT2D eigenvalue weighted by molar-refractivity contribution is -0.130. The molecule has 0 bridgehead atoms. The average Bonchev–Trinajstić information content (AvgIpc) is 2.49. The van der Waals surface area contributed by atoms with E-state index in [9.17, 15) is 4.79 Å². The van der Waals surface area contributed by atoms with E-state index >= 15 is 0 Å². The average molecular weight is 226 g/mol. The van der Waals surface area contributed by atoms with E-state index in [1.807, 2.05) is 7.05 Å². The molecule has 1 aliphatic heterocycles. The second kappa shape index (κ2) is 7.66. The number of nitrogens with one attached hydrogen (secondary N) is 1. The van der Waals surface area contributed by atoms with Crippen LogP contribution in [-0.4, -0.2) is 37.0 Å². The Hall–Kier alpha value is -0.570. The van der Waals surface area contributed by atoms with Crippen LogP contribution in [0.4, 0.5) is 0 Å². The quantitative estimate of drug-likeness (QED) is 0.704. The molecule has 16 heavy (non-hydrogen) atoms. The maximum atomic E-state index is 11.7. The molecule has 1 saturated heterocycles. The lowest BCUT2D eigenvalue weighted by atomic mass is 10.1. The second-order valence-corrected chi connectivity index (χ2v) is 4.88. The smallest absolute Gasteiger partial charge is 0.222 e. The number of nitrogens with zero attached hydrogens (tertiary/aromatic N) is 1. The summed E-state index contributed by atoms with van der Waals surface area (Å²) in [5, 5.41) is 3.24. The molecule has 1 N–H and O–H groups in total. The third-order valence-electron chi connectivity index (χ3n) is 3.48. The summed E-state index contributed by atoms with van der Waals surface area (Å²) in [7, 11) is 2.00. The molecule has 3 heteroatoms. The number of likely N-dealkylation sites (tertiary alicyclic amines) is 1. The summed E-state index contributed by atoms with van der Waals surface area (Å²) in [6, 6.07) is 0.597. The number of carbonyl (C=O) groups is 1. The maximum Gasteiger partial charge on any atom is 0.222 e. The van der Waals surface area contributed by atoms with Crippen LogP contribution in [0.25, 0.3) is 0 Å². The van der Waals surface area contributed by atoms with Crippen molar-refractivity contribution in [3.8, 4) is 0 Å². The maximum absolute atomic E-state index is 11.7. The highest BCUT2D eigenvalue weighted by Gasteiger charge is 2.15. The van der Waals surface area contributed by atoms with Gasteiger partial charge in [-0.25, -0.2) is 0 Å². The summed E-state index contributed by atoms with van der Waals surface area (Å²) in [6.45, 7) is 4.16. The van der Waals surface area contributed by atoms with E-state index in [1.165, 1.54) is 25.7 Å². The van der Waals surface area contributed by atoms with Crippen molar-refractivity contribution in [2.75, 3.05) is 20.1 Å². The first-order valence-electron chi connectivity index (χ1n) is 6.69. The van der Waals surface area contributed by atoms with Crippen LogP contribution in [0.15, 0.2) is 0 Å². The fourth-order valence-corrected chi connectivity index (χ4v) is 2.17. The summed E-state index contributed by atoms with van der Waals surface area (Å²) >= 11 is 0. The highest BCUT2D eigenvalue weighted by atomic mass is 16.2. The lowest BCUT2D eigenvalue weighted by Gasteiger charge is -2.20. The van der Waals surface area contributed by atoms with Crippen molar-refractivity contribution >= 4 is 5.91 Å². The summed E-state index contributed by atoms with van der Waals surface area (Å²) in [5.74, 6) is 0.374. The van der Waals surface area contributed by atoms with Gasteiger partial charge in [-0.1, -0.05) is 12.8 Å². The van der Waals surface area contributed by atoms with Crippen LogP contribution >= 0.6 is 0 Å². The van der Waals surface area contributed by atoms with Gasteiger partial charge in [-0.3, -0.25) is 4.79 Å². The van der Waals surface area contributed by atoms with Crippen molar-refractivity contribution in [2.45, 2.75) is 57.9 Å². The van der Waals surface area contributed by atoms with Gasteiger partial charge in [0.25, 0.3) is 0 Å². The van der Waals surface area contributed by atoms with Crippen molar-refractivity contribution in [1.82, 2.24) is 10.2 Å². The molecule has 0 aromatic carbocycles. The van der Waals surface area contributed by atoms with Crippen LogP contribution in [0.5, 0.6) is 0 Å². The van der Waals surface area contributed by atoms with Gasteiger partial charge >= 0.3 is 0 Å².